The Bertz CT molecular complexity index is 530. The van der Waals surface area contributed by atoms with Crippen LogP contribution in [-0.2, 0) is 10.0 Å². The van der Waals surface area contributed by atoms with Gasteiger partial charge in [0.05, 0.1) is 4.90 Å². The summed E-state index contributed by atoms with van der Waals surface area (Å²) in [6.45, 7) is 2.81. The van der Waals surface area contributed by atoms with Crippen molar-refractivity contribution in [2.75, 3.05) is 13.1 Å². The van der Waals surface area contributed by atoms with E-state index in [1.165, 1.54) is 0 Å². The summed E-state index contributed by atoms with van der Waals surface area (Å²) in [6.07, 6.45) is 1.68. The van der Waals surface area contributed by atoms with E-state index in [1.54, 1.807) is 28.6 Å². The van der Waals surface area contributed by atoms with E-state index in [4.69, 9.17) is 5.73 Å². The van der Waals surface area contributed by atoms with Crippen LogP contribution in [0.3, 0.4) is 0 Å². The molecular formula is C12H17BrN2O2S. The third kappa shape index (κ3) is 2.34. The minimum absolute atomic E-state index is 0.326. The molecule has 0 aliphatic carbocycles. The lowest BCUT2D eigenvalue weighted by Crippen LogP contribution is -2.49. The Morgan fingerprint density at radius 1 is 1.39 bits per heavy atom. The third-order valence-electron chi connectivity index (χ3n) is 3.52. The fraction of sp³-hybridized carbons (Fsp3) is 0.500. The van der Waals surface area contributed by atoms with Crippen LogP contribution >= 0.6 is 15.9 Å². The Balaban J connectivity index is 2.40. The number of rotatable bonds is 3. The fourth-order valence-corrected chi connectivity index (χ4v) is 4.46. The zero-order valence-corrected chi connectivity index (χ0v) is 12.7. The maximum Gasteiger partial charge on any atom is 0.243 e. The summed E-state index contributed by atoms with van der Waals surface area (Å²) >= 11 is 3.30. The van der Waals surface area contributed by atoms with Crippen molar-refractivity contribution in [3.63, 3.8) is 0 Å². The van der Waals surface area contributed by atoms with Crippen molar-refractivity contribution < 1.29 is 8.42 Å². The topological polar surface area (TPSA) is 63.4 Å². The molecule has 1 unspecified atom stereocenters. The molecule has 1 saturated heterocycles. The van der Waals surface area contributed by atoms with Crippen molar-refractivity contribution in [2.45, 2.75) is 30.2 Å². The van der Waals surface area contributed by atoms with E-state index < -0.39 is 15.6 Å². The molecule has 1 aromatic rings. The van der Waals surface area contributed by atoms with E-state index in [0.717, 1.165) is 17.3 Å². The molecule has 100 valence electrons. The first kappa shape index (κ1) is 14.0. The van der Waals surface area contributed by atoms with Crippen LogP contribution < -0.4 is 5.73 Å². The lowest BCUT2D eigenvalue weighted by Gasteiger charge is -2.33. The van der Waals surface area contributed by atoms with Gasteiger partial charge in [0.15, 0.2) is 0 Å². The first-order chi connectivity index (χ1) is 8.40. The highest BCUT2D eigenvalue weighted by Gasteiger charge is 2.43. The Morgan fingerprint density at radius 3 is 2.56 bits per heavy atom. The van der Waals surface area contributed by atoms with Crippen LogP contribution in [0.4, 0.5) is 0 Å². The number of halogens is 1. The van der Waals surface area contributed by atoms with Crippen LogP contribution in [0.15, 0.2) is 33.6 Å². The Hall–Kier alpha value is -0.430. The van der Waals surface area contributed by atoms with Crippen LogP contribution in [0.2, 0.25) is 0 Å². The lowest BCUT2D eigenvalue weighted by atomic mass is 10.0. The summed E-state index contributed by atoms with van der Waals surface area (Å²) < 4.78 is 27.6. The largest absolute Gasteiger partial charge is 0.329 e. The van der Waals surface area contributed by atoms with Gasteiger partial charge in [0, 0.05) is 23.1 Å². The number of nitrogens with zero attached hydrogens (tertiary/aromatic N) is 1. The van der Waals surface area contributed by atoms with Crippen molar-refractivity contribution in [2.24, 2.45) is 5.73 Å². The van der Waals surface area contributed by atoms with Gasteiger partial charge in [-0.1, -0.05) is 15.9 Å². The first-order valence-electron chi connectivity index (χ1n) is 5.89. The van der Waals surface area contributed by atoms with Gasteiger partial charge in [-0.25, -0.2) is 8.42 Å². The Kier molecular flexibility index (Phi) is 3.82. The van der Waals surface area contributed by atoms with Gasteiger partial charge in [0.1, 0.15) is 0 Å². The summed E-state index contributed by atoms with van der Waals surface area (Å²) in [5.41, 5.74) is 5.29. The molecule has 6 heteroatoms. The van der Waals surface area contributed by atoms with E-state index in [9.17, 15) is 8.42 Å². The minimum atomic E-state index is -3.44. The highest BCUT2D eigenvalue weighted by Crippen LogP contribution is 2.33. The SMILES string of the molecule is CC1(CN)CCCN1S(=O)(=O)c1ccc(Br)cc1. The van der Waals surface area contributed by atoms with Crippen LogP contribution in [0.1, 0.15) is 19.8 Å². The molecule has 0 spiro atoms. The summed E-state index contributed by atoms with van der Waals surface area (Å²) in [4.78, 5) is 0.326. The molecule has 1 heterocycles. The Morgan fingerprint density at radius 2 is 2.00 bits per heavy atom. The van der Waals surface area contributed by atoms with Gasteiger partial charge in [-0.05, 0) is 44.0 Å². The van der Waals surface area contributed by atoms with Crippen LogP contribution in [-0.4, -0.2) is 31.4 Å². The van der Waals surface area contributed by atoms with E-state index in [0.29, 0.717) is 18.0 Å². The second-order valence-electron chi connectivity index (χ2n) is 4.84. The van der Waals surface area contributed by atoms with Gasteiger partial charge in [-0.2, -0.15) is 4.31 Å². The highest BCUT2D eigenvalue weighted by atomic mass is 79.9. The van der Waals surface area contributed by atoms with Crippen LogP contribution in [0, 0.1) is 0 Å². The van der Waals surface area contributed by atoms with E-state index >= 15 is 0 Å². The predicted molar refractivity (Wildman–Crippen MR) is 74.7 cm³/mol. The average Bonchev–Trinajstić information content (AvgIpc) is 2.73. The molecule has 0 radical (unpaired) electrons. The highest BCUT2D eigenvalue weighted by molar-refractivity contribution is 9.10. The van der Waals surface area contributed by atoms with Crippen LogP contribution in [0.5, 0.6) is 0 Å². The van der Waals surface area contributed by atoms with Gasteiger partial charge in [-0.3, -0.25) is 0 Å². The molecular weight excluding hydrogens is 316 g/mol. The molecule has 2 N–H and O–H groups in total. The molecule has 0 bridgehead atoms. The van der Waals surface area contributed by atoms with E-state index in [1.807, 2.05) is 6.92 Å². The van der Waals surface area contributed by atoms with E-state index in [2.05, 4.69) is 15.9 Å². The second-order valence-corrected chi connectivity index (χ2v) is 7.61. The standard InChI is InChI=1S/C12H17BrN2O2S/c1-12(9-14)7-2-8-15(12)18(16,17)11-5-3-10(13)4-6-11/h3-6H,2,7-9,14H2,1H3. The summed E-state index contributed by atoms with van der Waals surface area (Å²) in [5, 5.41) is 0. The van der Waals surface area contributed by atoms with Crippen molar-refractivity contribution in [3.05, 3.63) is 28.7 Å². The summed E-state index contributed by atoms with van der Waals surface area (Å²) in [5.74, 6) is 0. The third-order valence-corrected chi connectivity index (χ3v) is 6.12. The summed E-state index contributed by atoms with van der Waals surface area (Å²) in [7, 11) is -3.44. The molecule has 4 nitrogen and oxygen atoms in total. The molecule has 0 amide bonds. The molecule has 1 aliphatic rings. The van der Waals surface area contributed by atoms with Gasteiger partial charge in [-0.15, -0.1) is 0 Å². The zero-order valence-electron chi connectivity index (χ0n) is 10.3. The molecule has 0 saturated carbocycles. The average molecular weight is 333 g/mol. The fourth-order valence-electron chi connectivity index (χ4n) is 2.35. The maximum absolute atomic E-state index is 12.6. The number of nitrogens with two attached hydrogens (primary N) is 1. The number of benzene rings is 1. The van der Waals surface area contributed by atoms with Crippen molar-refractivity contribution >= 4 is 26.0 Å². The monoisotopic (exact) mass is 332 g/mol. The first-order valence-corrected chi connectivity index (χ1v) is 8.12. The Labute approximate surface area is 116 Å². The molecule has 1 aliphatic heterocycles. The lowest BCUT2D eigenvalue weighted by molar-refractivity contribution is 0.274. The number of hydrogen-bond acceptors (Lipinski definition) is 3. The van der Waals surface area contributed by atoms with E-state index in [-0.39, 0.29) is 0 Å². The normalized spacial score (nSPS) is 25.5. The zero-order chi connectivity index (χ0) is 13.4. The molecule has 18 heavy (non-hydrogen) atoms. The minimum Gasteiger partial charge on any atom is -0.329 e. The maximum atomic E-state index is 12.6. The van der Waals surface area contributed by atoms with Gasteiger partial charge < -0.3 is 5.73 Å². The molecule has 0 aromatic heterocycles. The second kappa shape index (κ2) is 4.92. The van der Waals surface area contributed by atoms with Crippen molar-refractivity contribution in [1.82, 2.24) is 4.31 Å². The number of sulfonamides is 1. The van der Waals surface area contributed by atoms with Crippen LogP contribution in [0.25, 0.3) is 0 Å². The molecule has 1 aromatic carbocycles. The summed E-state index contributed by atoms with van der Waals surface area (Å²) in [6, 6.07) is 6.72. The predicted octanol–water partition coefficient (Wildman–Crippen LogP) is 1.95. The van der Waals surface area contributed by atoms with Gasteiger partial charge in [0.2, 0.25) is 10.0 Å². The van der Waals surface area contributed by atoms with Crippen molar-refractivity contribution in [3.8, 4) is 0 Å². The molecule has 2 rings (SSSR count). The molecule has 1 atom stereocenters. The number of hydrogen-bond donors (Lipinski definition) is 1. The van der Waals surface area contributed by atoms with Crippen molar-refractivity contribution in [1.29, 1.82) is 0 Å². The quantitative estimate of drug-likeness (QED) is 0.920. The molecule has 1 fully saturated rings. The smallest absolute Gasteiger partial charge is 0.243 e. The van der Waals surface area contributed by atoms with Gasteiger partial charge >= 0.3 is 0 Å². The van der Waals surface area contributed by atoms with Gasteiger partial charge in [0.25, 0.3) is 0 Å².